The van der Waals surface area contributed by atoms with Crippen LogP contribution < -0.4 is 0 Å². The maximum Gasteiger partial charge on any atom is 0.142 e. The van der Waals surface area contributed by atoms with Gasteiger partial charge in [0.05, 0.1) is 6.26 Å². The van der Waals surface area contributed by atoms with Gasteiger partial charge in [-0.1, -0.05) is 42.5 Å². The molecule has 95 valence electrons. The third kappa shape index (κ3) is 1.88. The number of allylic oxidation sites excluding steroid dienone is 2. The molecule has 1 nitrogen and oxygen atoms in total. The molecule has 0 saturated carbocycles. The zero-order valence-corrected chi connectivity index (χ0v) is 10.9. The van der Waals surface area contributed by atoms with Gasteiger partial charge in [-0.2, -0.15) is 0 Å². The molecule has 1 heterocycles. The van der Waals surface area contributed by atoms with Gasteiger partial charge in [-0.15, -0.1) is 0 Å². The molecule has 3 aromatic rings. The standard InChI is InChI=1S/C19H13O/c1-2-6-15-12-18-13-17(19-7-3-4-10-20-19)9-8-16(18)11-14(15)5-1/h1-12,19H. The molecule has 1 aliphatic heterocycles. The van der Waals surface area contributed by atoms with Crippen molar-refractivity contribution < 1.29 is 4.74 Å². The van der Waals surface area contributed by atoms with Crippen LogP contribution in [0.3, 0.4) is 0 Å². The largest absolute Gasteiger partial charge is 0.489 e. The molecule has 1 radical (unpaired) electrons. The van der Waals surface area contributed by atoms with E-state index in [4.69, 9.17) is 4.74 Å². The van der Waals surface area contributed by atoms with Crippen molar-refractivity contribution in [1.29, 1.82) is 0 Å². The molecular weight excluding hydrogens is 244 g/mol. The van der Waals surface area contributed by atoms with Gasteiger partial charge >= 0.3 is 0 Å². The number of benzene rings is 3. The van der Waals surface area contributed by atoms with Gasteiger partial charge in [0.25, 0.3) is 0 Å². The second-order valence-electron chi connectivity index (χ2n) is 4.97. The molecule has 3 aromatic carbocycles. The van der Waals surface area contributed by atoms with E-state index < -0.39 is 0 Å². The molecule has 0 spiro atoms. The fourth-order valence-electron chi connectivity index (χ4n) is 2.61. The van der Waals surface area contributed by atoms with Crippen LogP contribution in [0.2, 0.25) is 0 Å². The molecule has 0 aromatic heterocycles. The molecular formula is C19H13O. The highest BCUT2D eigenvalue weighted by Gasteiger charge is 2.10. The van der Waals surface area contributed by atoms with Crippen LogP contribution in [0.15, 0.2) is 73.0 Å². The summed E-state index contributed by atoms with van der Waals surface area (Å²) in [6.07, 6.45) is 7.63. The van der Waals surface area contributed by atoms with Crippen molar-refractivity contribution in [2.24, 2.45) is 0 Å². The molecule has 0 saturated heterocycles. The summed E-state index contributed by atoms with van der Waals surface area (Å²) >= 11 is 0. The van der Waals surface area contributed by atoms with E-state index in [1.165, 1.54) is 16.2 Å². The van der Waals surface area contributed by atoms with E-state index in [1.807, 2.05) is 18.2 Å². The smallest absolute Gasteiger partial charge is 0.142 e. The zero-order valence-electron chi connectivity index (χ0n) is 10.9. The van der Waals surface area contributed by atoms with Crippen LogP contribution in [-0.2, 0) is 4.74 Å². The van der Waals surface area contributed by atoms with Crippen molar-refractivity contribution in [3.05, 3.63) is 84.7 Å². The Hall–Kier alpha value is -2.54. The third-order valence-corrected chi connectivity index (χ3v) is 3.65. The Morgan fingerprint density at radius 3 is 2.50 bits per heavy atom. The fourth-order valence-corrected chi connectivity index (χ4v) is 2.61. The molecule has 1 aliphatic rings. The van der Waals surface area contributed by atoms with Gasteiger partial charge in [-0.25, -0.2) is 0 Å². The van der Waals surface area contributed by atoms with Gasteiger partial charge in [0.2, 0.25) is 0 Å². The highest BCUT2D eigenvalue weighted by molar-refractivity contribution is 5.98. The number of ether oxygens (including phenoxy) is 1. The fraction of sp³-hybridized carbons (Fsp3) is 0.0526. The summed E-state index contributed by atoms with van der Waals surface area (Å²) in [6.45, 7) is 0. The minimum atomic E-state index is -0.0316. The van der Waals surface area contributed by atoms with E-state index in [1.54, 1.807) is 6.26 Å². The Kier molecular flexibility index (Phi) is 2.56. The van der Waals surface area contributed by atoms with Crippen LogP contribution >= 0.6 is 0 Å². The number of hydrogen-bond acceptors (Lipinski definition) is 1. The summed E-state index contributed by atoms with van der Waals surface area (Å²) < 4.78 is 5.60. The highest BCUT2D eigenvalue weighted by Crippen LogP contribution is 2.28. The van der Waals surface area contributed by atoms with Crippen LogP contribution in [0.25, 0.3) is 21.5 Å². The highest BCUT2D eigenvalue weighted by atomic mass is 16.5. The number of hydrogen-bond donors (Lipinski definition) is 0. The molecule has 1 unspecified atom stereocenters. The molecule has 0 aliphatic carbocycles. The predicted octanol–water partition coefficient (Wildman–Crippen LogP) is 4.93. The third-order valence-electron chi connectivity index (χ3n) is 3.65. The van der Waals surface area contributed by atoms with Gasteiger partial charge in [-0.3, -0.25) is 0 Å². The van der Waals surface area contributed by atoms with Crippen molar-refractivity contribution in [3.63, 3.8) is 0 Å². The maximum atomic E-state index is 5.60. The van der Waals surface area contributed by atoms with Crippen LogP contribution in [-0.4, -0.2) is 0 Å². The van der Waals surface area contributed by atoms with Crippen LogP contribution in [0.1, 0.15) is 11.7 Å². The molecule has 0 bridgehead atoms. The lowest BCUT2D eigenvalue weighted by Crippen LogP contribution is -1.99. The van der Waals surface area contributed by atoms with E-state index >= 15 is 0 Å². The van der Waals surface area contributed by atoms with Gasteiger partial charge in [0, 0.05) is 5.56 Å². The maximum absolute atomic E-state index is 5.60. The van der Waals surface area contributed by atoms with Crippen molar-refractivity contribution in [3.8, 4) is 0 Å². The lowest BCUT2D eigenvalue weighted by molar-refractivity contribution is 0.186. The van der Waals surface area contributed by atoms with E-state index in [2.05, 4.69) is 54.6 Å². The van der Waals surface area contributed by atoms with E-state index in [-0.39, 0.29) is 6.10 Å². The zero-order chi connectivity index (χ0) is 13.4. The van der Waals surface area contributed by atoms with Gasteiger partial charge < -0.3 is 4.74 Å². The SMILES string of the molecule is [c]1c(C2C=CC=CO2)ccc2cc3ccccc3cc12. The Bertz CT molecular complexity index is 843. The number of rotatable bonds is 1. The first kappa shape index (κ1) is 11.3. The Labute approximate surface area is 117 Å². The van der Waals surface area contributed by atoms with Crippen molar-refractivity contribution in [2.75, 3.05) is 0 Å². The molecule has 0 amide bonds. The van der Waals surface area contributed by atoms with Crippen molar-refractivity contribution >= 4 is 21.5 Å². The summed E-state index contributed by atoms with van der Waals surface area (Å²) in [5, 5.41) is 4.85. The average Bonchev–Trinajstić information content (AvgIpc) is 2.53. The summed E-state index contributed by atoms with van der Waals surface area (Å²) in [7, 11) is 0. The van der Waals surface area contributed by atoms with Crippen LogP contribution in [0.5, 0.6) is 0 Å². The second kappa shape index (κ2) is 4.53. The lowest BCUT2D eigenvalue weighted by Gasteiger charge is -2.15. The summed E-state index contributed by atoms with van der Waals surface area (Å²) in [5.41, 5.74) is 1.06. The molecule has 0 N–H and O–H groups in total. The van der Waals surface area contributed by atoms with E-state index in [0.717, 1.165) is 10.9 Å². The normalized spacial score (nSPS) is 17.5. The molecule has 20 heavy (non-hydrogen) atoms. The monoisotopic (exact) mass is 257 g/mol. The van der Waals surface area contributed by atoms with Gasteiger partial charge in [-0.05, 0) is 51.9 Å². The lowest BCUT2D eigenvalue weighted by atomic mass is 9.99. The first-order valence-electron chi connectivity index (χ1n) is 6.74. The van der Waals surface area contributed by atoms with Gasteiger partial charge in [0.15, 0.2) is 0 Å². The Morgan fingerprint density at radius 1 is 0.850 bits per heavy atom. The van der Waals surface area contributed by atoms with E-state index in [0.29, 0.717) is 0 Å². The van der Waals surface area contributed by atoms with E-state index in [9.17, 15) is 0 Å². The quantitative estimate of drug-likeness (QED) is 0.561. The second-order valence-corrected chi connectivity index (χ2v) is 4.97. The molecule has 0 fully saturated rings. The molecule has 1 heteroatoms. The van der Waals surface area contributed by atoms with Crippen LogP contribution in [0.4, 0.5) is 0 Å². The minimum Gasteiger partial charge on any atom is -0.489 e. The Morgan fingerprint density at radius 2 is 1.70 bits per heavy atom. The summed E-state index contributed by atoms with van der Waals surface area (Å²) in [5.74, 6) is 0. The van der Waals surface area contributed by atoms with Gasteiger partial charge in [0.1, 0.15) is 6.10 Å². The Balaban J connectivity index is 1.87. The first-order chi connectivity index (χ1) is 9.90. The first-order valence-corrected chi connectivity index (χ1v) is 6.74. The number of fused-ring (bicyclic) bond motifs is 2. The van der Waals surface area contributed by atoms with Crippen molar-refractivity contribution in [1.82, 2.24) is 0 Å². The predicted molar refractivity (Wildman–Crippen MR) is 82.4 cm³/mol. The molecule has 1 atom stereocenters. The minimum absolute atomic E-state index is 0.0316. The van der Waals surface area contributed by atoms with Crippen molar-refractivity contribution in [2.45, 2.75) is 6.10 Å². The summed E-state index contributed by atoms with van der Waals surface area (Å²) in [6, 6.07) is 20.5. The molecule has 4 rings (SSSR count). The average molecular weight is 257 g/mol. The van der Waals surface area contributed by atoms with Crippen LogP contribution in [0, 0.1) is 6.07 Å². The summed E-state index contributed by atoms with van der Waals surface area (Å²) in [4.78, 5) is 0. The topological polar surface area (TPSA) is 9.23 Å².